The lowest BCUT2D eigenvalue weighted by molar-refractivity contribution is 0.250. The molecule has 2 rings (SSSR count). The van der Waals surface area contributed by atoms with Crippen molar-refractivity contribution in [2.75, 3.05) is 27.2 Å². The minimum absolute atomic E-state index is 0. The molecule has 1 heterocycles. The van der Waals surface area contributed by atoms with Crippen LogP contribution in [-0.2, 0) is 16.6 Å². The van der Waals surface area contributed by atoms with E-state index in [0.29, 0.717) is 18.0 Å². The van der Waals surface area contributed by atoms with Crippen LogP contribution in [0.15, 0.2) is 29.2 Å². The third kappa shape index (κ3) is 4.43. The summed E-state index contributed by atoms with van der Waals surface area (Å²) in [7, 11) is 0.579. The van der Waals surface area contributed by atoms with Crippen molar-refractivity contribution in [3.05, 3.63) is 29.8 Å². The molecule has 0 radical (unpaired) electrons. The van der Waals surface area contributed by atoms with E-state index in [2.05, 4.69) is 4.90 Å². The molecule has 1 fully saturated rings. The van der Waals surface area contributed by atoms with Crippen molar-refractivity contribution in [3.63, 3.8) is 0 Å². The first-order chi connectivity index (χ1) is 9.80. The van der Waals surface area contributed by atoms with Crippen LogP contribution in [0.4, 0.5) is 0 Å². The molecule has 0 bridgehead atoms. The van der Waals surface area contributed by atoms with Crippen LogP contribution in [0.3, 0.4) is 0 Å². The predicted octanol–water partition coefficient (Wildman–Crippen LogP) is 1.53. The Hall–Kier alpha value is -0.660. The molecular weight excluding hydrogens is 322 g/mol. The first kappa shape index (κ1) is 19.4. The van der Waals surface area contributed by atoms with Gasteiger partial charge in [0.25, 0.3) is 0 Å². The van der Waals surface area contributed by atoms with Crippen LogP contribution in [0.2, 0.25) is 0 Å². The van der Waals surface area contributed by atoms with Crippen LogP contribution in [0.5, 0.6) is 0 Å². The maximum atomic E-state index is 12.6. The second-order valence-corrected chi connectivity index (χ2v) is 8.11. The zero-order valence-corrected chi connectivity index (χ0v) is 15.0. The maximum Gasteiger partial charge on any atom is 0.243 e. The summed E-state index contributed by atoms with van der Waals surface area (Å²) in [4.78, 5) is 2.42. The lowest BCUT2D eigenvalue weighted by atomic mass is 9.96. The SMILES string of the molecule is CC1CN(S(=O)(=O)c2ccc(CN(C)C)cc2)CCC1N.Cl. The zero-order valence-electron chi connectivity index (χ0n) is 13.4. The average molecular weight is 348 g/mol. The quantitative estimate of drug-likeness (QED) is 0.897. The van der Waals surface area contributed by atoms with Crippen molar-refractivity contribution in [3.8, 4) is 0 Å². The predicted molar refractivity (Wildman–Crippen MR) is 91.6 cm³/mol. The standard InChI is InChI=1S/C15H25N3O2S.ClH/c1-12-10-18(9-8-15(12)16)21(19,20)14-6-4-13(5-7-14)11-17(2)3;/h4-7,12,15H,8-11,16H2,1-3H3;1H. The normalized spacial score (nSPS) is 23.3. The minimum atomic E-state index is -3.40. The van der Waals surface area contributed by atoms with Gasteiger partial charge in [0.15, 0.2) is 0 Å². The number of hydrogen-bond acceptors (Lipinski definition) is 4. The number of hydrogen-bond donors (Lipinski definition) is 1. The van der Waals surface area contributed by atoms with E-state index in [1.165, 1.54) is 0 Å². The molecule has 0 amide bonds. The number of nitrogens with two attached hydrogens (primary N) is 1. The lowest BCUT2D eigenvalue weighted by Crippen LogP contribution is -2.48. The second kappa shape index (κ2) is 7.75. The summed E-state index contributed by atoms with van der Waals surface area (Å²) < 4.78 is 26.9. The van der Waals surface area contributed by atoms with Gasteiger partial charge in [-0.1, -0.05) is 19.1 Å². The Bertz CT molecular complexity index is 575. The summed E-state index contributed by atoms with van der Waals surface area (Å²) in [6.07, 6.45) is 0.721. The van der Waals surface area contributed by atoms with Crippen molar-refractivity contribution >= 4 is 22.4 Å². The Morgan fingerprint density at radius 1 is 1.27 bits per heavy atom. The highest BCUT2D eigenvalue weighted by Crippen LogP contribution is 2.23. The molecule has 1 aliphatic rings. The fourth-order valence-electron chi connectivity index (χ4n) is 2.62. The number of nitrogens with zero attached hydrogens (tertiary/aromatic N) is 2. The summed E-state index contributed by atoms with van der Waals surface area (Å²) in [6.45, 7) is 3.82. The molecule has 5 nitrogen and oxygen atoms in total. The zero-order chi connectivity index (χ0) is 15.6. The number of benzene rings is 1. The fraction of sp³-hybridized carbons (Fsp3) is 0.600. The van der Waals surface area contributed by atoms with Gasteiger partial charge in [0.05, 0.1) is 4.90 Å². The third-order valence-electron chi connectivity index (χ3n) is 3.99. The molecule has 22 heavy (non-hydrogen) atoms. The van der Waals surface area contributed by atoms with Gasteiger partial charge in [-0.05, 0) is 44.1 Å². The van der Waals surface area contributed by atoms with Crippen molar-refractivity contribution in [1.29, 1.82) is 0 Å². The smallest absolute Gasteiger partial charge is 0.243 e. The largest absolute Gasteiger partial charge is 0.327 e. The molecule has 1 aromatic rings. The van der Waals surface area contributed by atoms with Crippen LogP contribution in [0, 0.1) is 5.92 Å². The Balaban J connectivity index is 0.00000242. The lowest BCUT2D eigenvalue weighted by Gasteiger charge is -2.34. The number of piperidine rings is 1. The van der Waals surface area contributed by atoms with Gasteiger partial charge in [0.1, 0.15) is 0 Å². The van der Waals surface area contributed by atoms with Crippen molar-refractivity contribution in [2.24, 2.45) is 11.7 Å². The van der Waals surface area contributed by atoms with E-state index < -0.39 is 10.0 Å². The molecule has 1 saturated heterocycles. The van der Waals surface area contributed by atoms with Gasteiger partial charge in [-0.2, -0.15) is 4.31 Å². The molecule has 2 atom stereocenters. The Kier molecular flexibility index (Phi) is 6.83. The van der Waals surface area contributed by atoms with E-state index in [4.69, 9.17) is 5.73 Å². The summed E-state index contributed by atoms with van der Waals surface area (Å²) in [6, 6.07) is 7.26. The number of halogens is 1. The van der Waals surface area contributed by atoms with Gasteiger partial charge >= 0.3 is 0 Å². The van der Waals surface area contributed by atoms with Gasteiger partial charge in [0, 0.05) is 25.7 Å². The molecule has 2 N–H and O–H groups in total. The molecule has 0 spiro atoms. The van der Waals surface area contributed by atoms with Gasteiger partial charge in [-0.3, -0.25) is 0 Å². The highest BCUT2D eigenvalue weighted by atomic mass is 35.5. The van der Waals surface area contributed by atoms with E-state index >= 15 is 0 Å². The first-order valence-corrected chi connectivity index (χ1v) is 8.74. The Labute approximate surface area is 139 Å². The molecule has 0 aliphatic carbocycles. The first-order valence-electron chi connectivity index (χ1n) is 7.30. The van der Waals surface area contributed by atoms with Crippen molar-refractivity contribution in [2.45, 2.75) is 30.8 Å². The molecule has 0 aromatic heterocycles. The van der Waals surface area contributed by atoms with Gasteiger partial charge < -0.3 is 10.6 Å². The number of sulfonamides is 1. The summed E-state index contributed by atoms with van der Waals surface area (Å²) in [5.41, 5.74) is 7.07. The fourth-order valence-corrected chi connectivity index (χ4v) is 4.18. The van der Waals surface area contributed by atoms with E-state index in [-0.39, 0.29) is 24.4 Å². The number of rotatable bonds is 4. The van der Waals surface area contributed by atoms with Gasteiger partial charge in [-0.25, -0.2) is 8.42 Å². The van der Waals surface area contributed by atoms with Crippen molar-refractivity contribution in [1.82, 2.24) is 9.21 Å². The second-order valence-electron chi connectivity index (χ2n) is 6.17. The summed E-state index contributed by atoms with van der Waals surface area (Å²) >= 11 is 0. The highest BCUT2D eigenvalue weighted by Gasteiger charge is 2.31. The molecular formula is C15H26ClN3O2S. The molecule has 0 saturated carbocycles. The monoisotopic (exact) mass is 347 g/mol. The molecule has 126 valence electrons. The van der Waals surface area contributed by atoms with Gasteiger partial charge in [-0.15, -0.1) is 12.4 Å². The van der Waals surface area contributed by atoms with Crippen LogP contribution in [0.25, 0.3) is 0 Å². The van der Waals surface area contributed by atoms with Crippen molar-refractivity contribution < 1.29 is 8.42 Å². The van der Waals surface area contributed by atoms with Gasteiger partial charge in [0.2, 0.25) is 10.0 Å². The van der Waals surface area contributed by atoms with Crippen LogP contribution in [-0.4, -0.2) is 50.8 Å². The molecule has 2 unspecified atom stereocenters. The molecule has 1 aliphatic heterocycles. The Morgan fingerprint density at radius 2 is 1.86 bits per heavy atom. The maximum absolute atomic E-state index is 12.6. The summed E-state index contributed by atoms with van der Waals surface area (Å²) in [5, 5.41) is 0. The van der Waals surface area contributed by atoms with Crippen LogP contribution < -0.4 is 5.73 Å². The van der Waals surface area contributed by atoms with Crippen LogP contribution >= 0.6 is 12.4 Å². The highest BCUT2D eigenvalue weighted by molar-refractivity contribution is 7.89. The van der Waals surface area contributed by atoms with E-state index in [0.717, 1.165) is 18.5 Å². The average Bonchev–Trinajstić information content (AvgIpc) is 2.41. The topological polar surface area (TPSA) is 66.6 Å². The van der Waals surface area contributed by atoms with E-state index in [9.17, 15) is 8.42 Å². The van der Waals surface area contributed by atoms with Crippen LogP contribution in [0.1, 0.15) is 18.9 Å². The van der Waals surface area contributed by atoms with E-state index in [1.807, 2.05) is 33.2 Å². The third-order valence-corrected chi connectivity index (χ3v) is 5.87. The minimum Gasteiger partial charge on any atom is -0.327 e. The summed E-state index contributed by atoms with van der Waals surface area (Å²) in [5.74, 6) is 0.196. The van der Waals surface area contributed by atoms with E-state index in [1.54, 1.807) is 16.4 Å². The molecule has 1 aromatic carbocycles. The molecule has 7 heteroatoms. The Morgan fingerprint density at radius 3 is 2.36 bits per heavy atom.